The van der Waals surface area contributed by atoms with E-state index in [1.54, 1.807) is 61.5 Å². The van der Waals surface area contributed by atoms with Crippen molar-refractivity contribution in [1.82, 2.24) is 30.3 Å². The number of carbonyl (C=O) groups is 5. The van der Waals surface area contributed by atoms with Gasteiger partial charge in [0.15, 0.2) is 12.6 Å². The SMILES string of the molecule is C[C@@H]1O[C@@H](O)C[C@H](N2CCO[C@H](OCc3ccc(NC(=O)CNC(=O)[C@H](Cc4ccccc4)NC(=O)CNC(=O)CN[S+](=O)(O)NC(=O)OCC4[C@H]5CC/C=C\CC[C@@H]45)cc3)[C@H]2C)[C@@H]1O. The van der Waals surface area contributed by atoms with Gasteiger partial charge in [-0.1, -0.05) is 64.1 Å². The number of benzene rings is 2. The van der Waals surface area contributed by atoms with Gasteiger partial charge in [0, 0.05) is 31.1 Å². The van der Waals surface area contributed by atoms with E-state index in [2.05, 4.69) is 38.3 Å². The summed E-state index contributed by atoms with van der Waals surface area (Å²) in [7, 11) is -4.20. The molecule has 9 N–H and O–H groups in total. The van der Waals surface area contributed by atoms with Gasteiger partial charge in [-0.15, -0.1) is 4.55 Å². The van der Waals surface area contributed by atoms with E-state index in [9.17, 15) is 42.9 Å². The molecule has 2 unspecified atom stereocenters. The number of allylic oxidation sites excluding steroid dienone is 2. The zero-order chi connectivity index (χ0) is 46.5. The standard InChI is InChI=1S/C44H61N7O13S/c1-27-43(61-19-18-51(27)36-21-40(55)64-28(2)41(36)56)62-25-30-14-16-31(17-15-30)48-38(53)23-46-42(57)35(20-29-10-6-5-7-11-29)49-39(54)22-45-37(52)24-47-65(59,60)50-44(58)63-26-34-32-12-8-3-4-9-13-33(32)34/h3-7,10-11,14-17,27-28,32-36,40-41,43,55-56H,8-9,12-13,18-26H2,1-2H3,(H6-,45,46,47,48,49,50,52,53,54,57,58,59,60)/p+1/b4-3-/t27-,28+,32-,33+,34?,35+,36+,40-,41-,43-/m1/s1. The largest absolute Gasteiger partial charge is 0.452 e. The first-order chi connectivity index (χ1) is 31.2. The predicted octanol–water partition coefficient (Wildman–Crippen LogP) is 1.12. The third-order valence-electron chi connectivity index (χ3n) is 12.2. The monoisotopic (exact) mass is 928 g/mol. The average Bonchev–Trinajstić information content (AvgIpc) is 3.92. The summed E-state index contributed by atoms with van der Waals surface area (Å²) in [5, 5.41) is 31.0. The van der Waals surface area contributed by atoms with Gasteiger partial charge in [0.05, 0.1) is 51.2 Å². The zero-order valence-electron chi connectivity index (χ0n) is 36.6. The fourth-order valence-corrected chi connectivity index (χ4v) is 9.35. The minimum atomic E-state index is -4.20. The fraction of sp³-hybridized carbons (Fsp3) is 0.568. The van der Waals surface area contributed by atoms with Gasteiger partial charge >= 0.3 is 16.7 Å². The summed E-state index contributed by atoms with van der Waals surface area (Å²) in [5.41, 5.74) is 1.98. The van der Waals surface area contributed by atoms with Crippen LogP contribution in [0.25, 0.3) is 0 Å². The van der Waals surface area contributed by atoms with Crippen LogP contribution in [0.2, 0.25) is 0 Å². The van der Waals surface area contributed by atoms with Crippen molar-refractivity contribution in [2.75, 3.05) is 44.7 Å². The molecule has 3 fully saturated rings. The number of morpholine rings is 1. The lowest BCUT2D eigenvalue weighted by molar-refractivity contribution is -0.253. The Hall–Kier alpha value is -4.84. The lowest BCUT2D eigenvalue weighted by Gasteiger charge is -2.48. The minimum Gasteiger partial charge on any atom is -0.446 e. The highest BCUT2D eigenvalue weighted by atomic mass is 32.3. The highest BCUT2D eigenvalue weighted by Gasteiger charge is 2.49. The molecule has 0 spiro atoms. The lowest BCUT2D eigenvalue weighted by atomic mass is 9.96. The van der Waals surface area contributed by atoms with Crippen LogP contribution >= 0.6 is 0 Å². The summed E-state index contributed by atoms with van der Waals surface area (Å²) in [6.45, 7) is 3.23. The maximum atomic E-state index is 13.3. The van der Waals surface area contributed by atoms with Crippen molar-refractivity contribution >= 4 is 46.0 Å². The van der Waals surface area contributed by atoms with Crippen LogP contribution in [-0.2, 0) is 65.9 Å². The number of aliphatic hydroxyl groups is 2. The number of hydrogen-bond acceptors (Lipinski definition) is 13. The van der Waals surface area contributed by atoms with Gasteiger partial charge in [-0.3, -0.25) is 24.1 Å². The highest BCUT2D eigenvalue weighted by molar-refractivity contribution is 7.94. The molecule has 2 aromatic carbocycles. The molecule has 4 aliphatic rings. The van der Waals surface area contributed by atoms with Crippen LogP contribution in [-0.4, -0.2) is 132 Å². The van der Waals surface area contributed by atoms with Crippen LogP contribution in [0.15, 0.2) is 66.7 Å². The number of anilines is 1. The Morgan fingerprint density at radius 2 is 1.57 bits per heavy atom. The normalized spacial score (nSPS) is 28.4. The molecule has 65 heavy (non-hydrogen) atoms. The predicted molar refractivity (Wildman–Crippen MR) is 236 cm³/mol. The van der Waals surface area contributed by atoms with Crippen LogP contribution in [0, 0.1) is 17.8 Å². The van der Waals surface area contributed by atoms with Crippen molar-refractivity contribution in [2.45, 2.75) is 102 Å². The zero-order valence-corrected chi connectivity index (χ0v) is 37.4. The molecule has 1 saturated carbocycles. The van der Waals surface area contributed by atoms with E-state index in [1.807, 2.05) is 16.4 Å². The van der Waals surface area contributed by atoms with E-state index in [-0.39, 0.29) is 44.1 Å². The molecule has 5 amide bonds. The molecule has 0 aromatic heterocycles. The number of hydrogen-bond donors (Lipinski definition) is 9. The third-order valence-corrected chi connectivity index (χ3v) is 13.2. The molecular weight excluding hydrogens is 867 g/mol. The Kier molecular flexibility index (Phi) is 18.0. The van der Waals surface area contributed by atoms with E-state index in [0.717, 1.165) is 31.2 Å². The third kappa shape index (κ3) is 15.1. The Bertz CT molecular complexity index is 2000. The summed E-state index contributed by atoms with van der Waals surface area (Å²) in [6, 6.07) is 14.1. The van der Waals surface area contributed by atoms with Gasteiger partial charge < -0.3 is 50.4 Å². The van der Waals surface area contributed by atoms with Crippen LogP contribution < -0.4 is 30.7 Å². The Morgan fingerprint density at radius 1 is 0.877 bits per heavy atom. The molecule has 0 radical (unpaired) electrons. The molecule has 2 aromatic rings. The molecule has 20 nitrogen and oxygen atoms in total. The summed E-state index contributed by atoms with van der Waals surface area (Å²) >= 11 is 0. The summed E-state index contributed by atoms with van der Waals surface area (Å²) < 4.78 is 49.0. The van der Waals surface area contributed by atoms with Crippen LogP contribution in [0.5, 0.6) is 0 Å². The van der Waals surface area contributed by atoms with Crippen molar-refractivity contribution in [3.8, 4) is 0 Å². The molecular formula is C44H62N7O13S+. The van der Waals surface area contributed by atoms with Gasteiger partial charge in [-0.05, 0) is 84.8 Å². The number of nitrogens with zero attached hydrogens (tertiary/aromatic N) is 1. The average molecular weight is 929 g/mol. The molecule has 2 heterocycles. The molecule has 2 aliphatic heterocycles. The lowest BCUT2D eigenvalue weighted by Crippen LogP contribution is -2.62. The number of fused-ring (bicyclic) bond motifs is 1. The van der Waals surface area contributed by atoms with Crippen LogP contribution in [0.1, 0.15) is 57.1 Å². The van der Waals surface area contributed by atoms with Crippen molar-refractivity contribution in [3.63, 3.8) is 0 Å². The van der Waals surface area contributed by atoms with Crippen LogP contribution in [0.4, 0.5) is 10.5 Å². The molecule has 21 heteroatoms. The number of ether oxygens (including phenoxy) is 4. The van der Waals surface area contributed by atoms with E-state index < -0.39 is 90.8 Å². The molecule has 0 bridgehead atoms. The molecule has 11 atom stereocenters. The van der Waals surface area contributed by atoms with Crippen LogP contribution in [0.3, 0.4) is 0 Å². The van der Waals surface area contributed by atoms with Gasteiger partial charge in [0.1, 0.15) is 12.6 Å². The maximum absolute atomic E-state index is 13.3. The van der Waals surface area contributed by atoms with Gasteiger partial charge in [-0.25, -0.2) is 4.79 Å². The summed E-state index contributed by atoms with van der Waals surface area (Å²) in [6.07, 6.45) is 4.68. The summed E-state index contributed by atoms with van der Waals surface area (Å²) in [4.78, 5) is 65.9. The summed E-state index contributed by atoms with van der Waals surface area (Å²) in [5.74, 6) is -1.63. The molecule has 6 rings (SSSR count). The van der Waals surface area contributed by atoms with E-state index in [4.69, 9.17) is 18.9 Å². The van der Waals surface area contributed by atoms with Gasteiger partial charge in [0.25, 0.3) is 0 Å². The second-order valence-corrected chi connectivity index (χ2v) is 18.4. The van der Waals surface area contributed by atoms with E-state index in [0.29, 0.717) is 36.2 Å². The van der Waals surface area contributed by atoms with Gasteiger partial charge in [-0.2, -0.15) is 0 Å². The quantitative estimate of drug-likeness (QED) is 0.0706. The van der Waals surface area contributed by atoms with Crippen molar-refractivity contribution < 1.29 is 61.9 Å². The van der Waals surface area contributed by atoms with E-state index >= 15 is 0 Å². The number of aliphatic hydroxyl groups excluding tert-OH is 2. The number of rotatable bonds is 19. The first-order valence-corrected chi connectivity index (χ1v) is 23.5. The van der Waals surface area contributed by atoms with E-state index in [1.165, 1.54) is 0 Å². The number of carbonyl (C=O) groups excluding carboxylic acids is 5. The maximum Gasteiger partial charge on any atom is 0.452 e. The molecule has 356 valence electrons. The fourth-order valence-electron chi connectivity index (χ4n) is 8.66. The van der Waals surface area contributed by atoms with Gasteiger partial charge in [0.2, 0.25) is 23.6 Å². The van der Waals surface area contributed by atoms with Crippen molar-refractivity contribution in [2.24, 2.45) is 17.8 Å². The smallest absolute Gasteiger partial charge is 0.446 e. The van der Waals surface area contributed by atoms with Crippen molar-refractivity contribution in [3.05, 3.63) is 77.9 Å². The van der Waals surface area contributed by atoms with Crippen molar-refractivity contribution in [1.29, 1.82) is 0 Å². The Morgan fingerprint density at radius 3 is 2.28 bits per heavy atom. The topological polar surface area (TPSA) is 275 Å². The first-order valence-electron chi connectivity index (χ1n) is 22.0. The molecule has 2 saturated heterocycles. The Labute approximate surface area is 379 Å². The highest BCUT2D eigenvalue weighted by Crippen LogP contribution is 2.52. The first kappa shape index (κ1) is 49.6. The second kappa shape index (κ2) is 23.6. The molecule has 2 aliphatic carbocycles. The minimum absolute atomic E-state index is 0.0647. The Balaban J connectivity index is 0.898. The second-order valence-electron chi connectivity index (χ2n) is 16.8. The number of nitrogens with one attached hydrogen (secondary N) is 6. The number of amides is 5.